The quantitative estimate of drug-likeness (QED) is 0.882. The maximum absolute atomic E-state index is 13.1. The van der Waals surface area contributed by atoms with Gasteiger partial charge in [-0.05, 0) is 42.2 Å². The molecule has 0 fully saturated rings. The standard InChI is InChI=1S/C15H15F2N/c1-10-4-2-3-5-11(10)8-15(18)12-6-13(16)9-14(17)7-12/h2-7,9,15H,8,18H2,1H3. The van der Waals surface area contributed by atoms with Gasteiger partial charge in [-0.1, -0.05) is 24.3 Å². The minimum Gasteiger partial charge on any atom is -0.324 e. The highest BCUT2D eigenvalue weighted by Gasteiger charge is 2.11. The van der Waals surface area contributed by atoms with Crippen LogP contribution in [-0.2, 0) is 6.42 Å². The van der Waals surface area contributed by atoms with Crippen molar-refractivity contribution in [2.45, 2.75) is 19.4 Å². The van der Waals surface area contributed by atoms with Gasteiger partial charge in [-0.3, -0.25) is 0 Å². The number of benzene rings is 2. The fourth-order valence-corrected chi connectivity index (χ4v) is 1.98. The molecule has 0 saturated heterocycles. The van der Waals surface area contributed by atoms with E-state index < -0.39 is 17.7 Å². The molecule has 0 aliphatic carbocycles. The van der Waals surface area contributed by atoms with Crippen LogP contribution < -0.4 is 5.73 Å². The first-order chi connectivity index (χ1) is 8.56. The number of halogens is 2. The Bertz CT molecular complexity index is 532. The van der Waals surface area contributed by atoms with Gasteiger partial charge < -0.3 is 5.73 Å². The third kappa shape index (κ3) is 2.93. The summed E-state index contributed by atoms with van der Waals surface area (Å²) in [4.78, 5) is 0. The van der Waals surface area contributed by atoms with E-state index in [0.717, 1.165) is 17.2 Å². The van der Waals surface area contributed by atoms with Crippen LogP contribution in [0.3, 0.4) is 0 Å². The molecule has 1 atom stereocenters. The summed E-state index contributed by atoms with van der Waals surface area (Å²) in [5, 5.41) is 0. The Balaban J connectivity index is 2.22. The molecule has 0 saturated carbocycles. The molecule has 2 aromatic carbocycles. The molecule has 1 unspecified atom stereocenters. The molecule has 0 spiro atoms. The highest BCUT2D eigenvalue weighted by Crippen LogP contribution is 2.20. The molecule has 0 aliphatic rings. The Kier molecular flexibility index (Phi) is 3.72. The third-order valence-corrected chi connectivity index (χ3v) is 3.01. The fraction of sp³-hybridized carbons (Fsp3) is 0.200. The third-order valence-electron chi connectivity index (χ3n) is 3.01. The van der Waals surface area contributed by atoms with Gasteiger partial charge in [0.05, 0.1) is 0 Å². The predicted octanol–water partition coefficient (Wildman–Crippen LogP) is 3.52. The smallest absolute Gasteiger partial charge is 0.126 e. The van der Waals surface area contributed by atoms with E-state index in [1.165, 1.54) is 12.1 Å². The minimum atomic E-state index is -0.592. The second-order valence-corrected chi connectivity index (χ2v) is 4.44. The van der Waals surface area contributed by atoms with E-state index in [1.807, 2.05) is 31.2 Å². The van der Waals surface area contributed by atoms with Crippen molar-refractivity contribution in [1.29, 1.82) is 0 Å². The van der Waals surface area contributed by atoms with Gasteiger partial charge in [0.15, 0.2) is 0 Å². The molecule has 0 bridgehead atoms. The van der Waals surface area contributed by atoms with Crippen LogP contribution in [0.2, 0.25) is 0 Å². The molecule has 0 aromatic heterocycles. The zero-order valence-electron chi connectivity index (χ0n) is 10.2. The van der Waals surface area contributed by atoms with Gasteiger partial charge in [0.1, 0.15) is 11.6 Å². The van der Waals surface area contributed by atoms with Crippen molar-refractivity contribution in [3.63, 3.8) is 0 Å². The van der Waals surface area contributed by atoms with Crippen molar-refractivity contribution < 1.29 is 8.78 Å². The first-order valence-electron chi connectivity index (χ1n) is 5.82. The van der Waals surface area contributed by atoms with Gasteiger partial charge in [0, 0.05) is 12.1 Å². The Hall–Kier alpha value is -1.74. The second-order valence-electron chi connectivity index (χ2n) is 4.44. The molecule has 94 valence electrons. The van der Waals surface area contributed by atoms with Crippen LogP contribution in [0.1, 0.15) is 22.7 Å². The first-order valence-corrected chi connectivity index (χ1v) is 5.82. The average molecular weight is 247 g/mol. The zero-order chi connectivity index (χ0) is 13.1. The summed E-state index contributed by atoms with van der Waals surface area (Å²) < 4.78 is 26.2. The normalized spacial score (nSPS) is 12.4. The van der Waals surface area contributed by atoms with Crippen molar-refractivity contribution in [3.05, 3.63) is 70.8 Å². The second kappa shape index (κ2) is 5.27. The first kappa shape index (κ1) is 12.7. The van der Waals surface area contributed by atoms with Gasteiger partial charge in [-0.15, -0.1) is 0 Å². The average Bonchev–Trinajstić information content (AvgIpc) is 2.31. The largest absolute Gasteiger partial charge is 0.324 e. The molecular weight excluding hydrogens is 232 g/mol. The predicted molar refractivity (Wildman–Crippen MR) is 68.2 cm³/mol. The van der Waals surface area contributed by atoms with E-state index >= 15 is 0 Å². The maximum atomic E-state index is 13.1. The molecule has 0 radical (unpaired) electrons. The van der Waals surface area contributed by atoms with Crippen LogP contribution in [0, 0.1) is 18.6 Å². The molecule has 18 heavy (non-hydrogen) atoms. The summed E-state index contributed by atoms with van der Waals surface area (Å²) in [6.45, 7) is 1.99. The van der Waals surface area contributed by atoms with Crippen LogP contribution in [0.15, 0.2) is 42.5 Å². The lowest BCUT2D eigenvalue weighted by Crippen LogP contribution is -2.14. The summed E-state index contributed by atoms with van der Waals surface area (Å²) in [5.74, 6) is -1.18. The molecule has 0 aliphatic heterocycles. The SMILES string of the molecule is Cc1ccccc1CC(N)c1cc(F)cc(F)c1. The van der Waals surface area contributed by atoms with Crippen LogP contribution in [-0.4, -0.2) is 0 Å². The van der Waals surface area contributed by atoms with Crippen molar-refractivity contribution in [3.8, 4) is 0 Å². The number of nitrogens with two attached hydrogens (primary N) is 1. The van der Waals surface area contributed by atoms with Crippen molar-refractivity contribution in [2.24, 2.45) is 5.73 Å². The van der Waals surface area contributed by atoms with E-state index in [-0.39, 0.29) is 0 Å². The molecular formula is C15H15F2N. The molecule has 2 N–H and O–H groups in total. The van der Waals surface area contributed by atoms with E-state index in [1.54, 1.807) is 0 Å². The Morgan fingerprint density at radius 3 is 2.28 bits per heavy atom. The lowest BCUT2D eigenvalue weighted by molar-refractivity contribution is 0.572. The minimum absolute atomic E-state index is 0.406. The topological polar surface area (TPSA) is 26.0 Å². The highest BCUT2D eigenvalue weighted by atomic mass is 19.1. The van der Waals surface area contributed by atoms with Crippen LogP contribution in [0.25, 0.3) is 0 Å². The number of rotatable bonds is 3. The number of hydrogen-bond acceptors (Lipinski definition) is 1. The van der Waals surface area contributed by atoms with Gasteiger partial charge in [0.25, 0.3) is 0 Å². The summed E-state index contributed by atoms with van der Waals surface area (Å²) >= 11 is 0. The van der Waals surface area contributed by atoms with Crippen LogP contribution in [0.4, 0.5) is 8.78 Å². The van der Waals surface area contributed by atoms with Crippen LogP contribution >= 0.6 is 0 Å². The van der Waals surface area contributed by atoms with E-state index in [9.17, 15) is 8.78 Å². The molecule has 2 aromatic rings. The number of hydrogen-bond donors (Lipinski definition) is 1. The van der Waals surface area contributed by atoms with Gasteiger partial charge in [0.2, 0.25) is 0 Å². The summed E-state index contributed by atoms with van der Waals surface area (Å²) in [5.41, 5.74) is 8.70. The highest BCUT2D eigenvalue weighted by molar-refractivity contribution is 5.29. The molecule has 1 nitrogen and oxygen atoms in total. The molecule has 3 heteroatoms. The van der Waals surface area contributed by atoms with Crippen molar-refractivity contribution in [2.75, 3.05) is 0 Å². The van der Waals surface area contributed by atoms with E-state index in [2.05, 4.69) is 0 Å². The summed E-state index contributed by atoms with van der Waals surface area (Å²) in [7, 11) is 0. The molecule has 2 rings (SSSR count). The lowest BCUT2D eigenvalue weighted by Gasteiger charge is -2.14. The Morgan fingerprint density at radius 2 is 1.67 bits per heavy atom. The Morgan fingerprint density at radius 1 is 1.06 bits per heavy atom. The van der Waals surface area contributed by atoms with E-state index in [4.69, 9.17) is 5.73 Å². The maximum Gasteiger partial charge on any atom is 0.126 e. The van der Waals surface area contributed by atoms with Gasteiger partial charge >= 0.3 is 0 Å². The lowest BCUT2D eigenvalue weighted by atomic mass is 9.97. The monoisotopic (exact) mass is 247 g/mol. The van der Waals surface area contributed by atoms with Gasteiger partial charge in [-0.2, -0.15) is 0 Å². The molecule has 0 amide bonds. The summed E-state index contributed by atoms with van der Waals surface area (Å²) in [6, 6.07) is 10.9. The zero-order valence-corrected chi connectivity index (χ0v) is 10.2. The summed E-state index contributed by atoms with van der Waals surface area (Å²) in [6.07, 6.45) is 0.565. The fourth-order valence-electron chi connectivity index (χ4n) is 1.98. The van der Waals surface area contributed by atoms with Crippen molar-refractivity contribution in [1.82, 2.24) is 0 Å². The molecule has 0 heterocycles. The van der Waals surface area contributed by atoms with Crippen LogP contribution in [0.5, 0.6) is 0 Å². The van der Waals surface area contributed by atoms with Gasteiger partial charge in [-0.25, -0.2) is 8.78 Å². The number of aryl methyl sites for hydroxylation is 1. The van der Waals surface area contributed by atoms with E-state index in [0.29, 0.717) is 12.0 Å². The van der Waals surface area contributed by atoms with Crippen molar-refractivity contribution >= 4 is 0 Å². The Labute approximate surface area is 105 Å².